The monoisotopic (exact) mass is 171 g/mol. The van der Waals surface area contributed by atoms with Crippen LogP contribution in [0.4, 0.5) is 0 Å². The Labute approximate surface area is 73.2 Å². The van der Waals surface area contributed by atoms with Gasteiger partial charge < -0.3 is 5.21 Å². The van der Waals surface area contributed by atoms with E-state index < -0.39 is 5.66 Å². The highest BCUT2D eigenvalue weighted by Gasteiger charge is 2.53. The number of hydrogen-bond acceptors (Lipinski definition) is 3. The molecule has 0 fully saturated rings. The first-order valence-electron chi connectivity index (χ1n) is 4.09. The number of rotatable bonds is 0. The largest absolute Gasteiger partial charge is 0.622 e. The second kappa shape index (κ2) is 2.20. The van der Waals surface area contributed by atoms with E-state index in [1.807, 2.05) is 34.6 Å². The highest BCUT2D eigenvalue weighted by atomic mass is 16.5. The van der Waals surface area contributed by atoms with Crippen molar-refractivity contribution >= 4 is 5.71 Å². The Hall–Kier alpha value is -0.610. The van der Waals surface area contributed by atoms with Crippen molar-refractivity contribution in [2.24, 2.45) is 5.84 Å². The molecule has 4 heteroatoms. The second-order valence-corrected chi connectivity index (χ2v) is 4.30. The summed E-state index contributed by atoms with van der Waals surface area (Å²) in [6.45, 7) is 9.35. The van der Waals surface area contributed by atoms with Crippen LogP contribution in [-0.2, 0) is 0 Å². The minimum absolute atomic E-state index is 0.342. The Bertz CT molecular complexity index is 219. The summed E-state index contributed by atoms with van der Waals surface area (Å²) in [7, 11) is 0. The Balaban J connectivity index is 3.22. The van der Waals surface area contributed by atoms with Gasteiger partial charge in [-0.1, -0.05) is 0 Å². The van der Waals surface area contributed by atoms with Gasteiger partial charge in [0.15, 0.2) is 5.71 Å². The first kappa shape index (κ1) is 9.48. The van der Waals surface area contributed by atoms with Gasteiger partial charge in [-0.3, -0.25) is 5.84 Å². The fourth-order valence-electron chi connectivity index (χ4n) is 1.62. The van der Waals surface area contributed by atoms with E-state index in [2.05, 4.69) is 0 Å². The van der Waals surface area contributed by atoms with Crippen molar-refractivity contribution in [2.45, 2.75) is 45.8 Å². The summed E-state index contributed by atoms with van der Waals surface area (Å²) in [4.78, 5) is 0. The van der Waals surface area contributed by atoms with E-state index in [0.717, 1.165) is 10.5 Å². The van der Waals surface area contributed by atoms with Gasteiger partial charge >= 0.3 is 0 Å². The molecule has 0 saturated heterocycles. The van der Waals surface area contributed by atoms with Gasteiger partial charge in [0.1, 0.15) is 5.54 Å². The third kappa shape index (κ3) is 0.881. The van der Waals surface area contributed by atoms with Crippen molar-refractivity contribution in [3.8, 4) is 0 Å². The molecule has 0 saturated carbocycles. The molecule has 12 heavy (non-hydrogen) atoms. The second-order valence-electron chi connectivity index (χ2n) is 4.30. The minimum atomic E-state index is -0.631. The lowest BCUT2D eigenvalue weighted by atomic mass is 10.00. The number of nitrogens with two attached hydrogens (primary N) is 1. The van der Waals surface area contributed by atoms with Crippen molar-refractivity contribution in [2.75, 3.05) is 0 Å². The molecule has 1 aliphatic heterocycles. The highest BCUT2D eigenvalue weighted by molar-refractivity contribution is 5.87. The fraction of sp³-hybridized carbons (Fsp3) is 0.875. The van der Waals surface area contributed by atoms with E-state index >= 15 is 0 Å². The van der Waals surface area contributed by atoms with Gasteiger partial charge in [-0.05, 0) is 13.8 Å². The summed E-state index contributed by atoms with van der Waals surface area (Å²) in [6, 6.07) is 0. The molecule has 1 heterocycles. The summed E-state index contributed by atoms with van der Waals surface area (Å²) >= 11 is 0. The lowest BCUT2D eigenvalue weighted by Gasteiger charge is -2.31. The maximum atomic E-state index is 11.6. The Morgan fingerprint density at radius 2 is 1.75 bits per heavy atom. The Kier molecular flexibility index (Phi) is 1.74. The molecule has 0 aliphatic carbocycles. The van der Waals surface area contributed by atoms with Crippen molar-refractivity contribution in [1.29, 1.82) is 0 Å². The molecule has 0 unspecified atom stereocenters. The minimum Gasteiger partial charge on any atom is -0.622 e. The molecule has 1 aliphatic rings. The molecule has 0 aromatic rings. The zero-order valence-corrected chi connectivity index (χ0v) is 8.38. The molecule has 0 atom stereocenters. The SMILES string of the molecule is CC1=[N+]([O-])C(C)(C)N(N)C1(C)C. The van der Waals surface area contributed by atoms with Gasteiger partial charge in [0.25, 0.3) is 0 Å². The number of hydrogen-bond donors (Lipinski definition) is 1. The van der Waals surface area contributed by atoms with E-state index in [1.54, 1.807) is 5.01 Å². The van der Waals surface area contributed by atoms with Crippen LogP contribution in [0.2, 0.25) is 0 Å². The highest BCUT2D eigenvalue weighted by Crippen LogP contribution is 2.30. The molecule has 0 aromatic heterocycles. The summed E-state index contributed by atoms with van der Waals surface area (Å²) in [6.07, 6.45) is 0. The molecule has 0 amide bonds. The molecule has 0 radical (unpaired) electrons. The number of nitrogens with zero attached hydrogens (tertiary/aromatic N) is 2. The van der Waals surface area contributed by atoms with E-state index in [4.69, 9.17) is 5.84 Å². The predicted octanol–water partition coefficient (Wildman–Crippen LogP) is 0.662. The topological polar surface area (TPSA) is 55.3 Å². The van der Waals surface area contributed by atoms with Crippen LogP contribution in [0.3, 0.4) is 0 Å². The average molecular weight is 171 g/mol. The molecule has 0 spiro atoms. The first-order valence-corrected chi connectivity index (χ1v) is 4.09. The zero-order valence-electron chi connectivity index (χ0n) is 8.38. The van der Waals surface area contributed by atoms with Crippen LogP contribution >= 0.6 is 0 Å². The lowest BCUT2D eigenvalue weighted by molar-refractivity contribution is -0.559. The maximum Gasteiger partial charge on any atom is 0.236 e. The number of hydroxylamine groups is 1. The van der Waals surface area contributed by atoms with E-state index in [9.17, 15) is 5.21 Å². The molecular weight excluding hydrogens is 154 g/mol. The summed E-state index contributed by atoms with van der Waals surface area (Å²) < 4.78 is 0.979. The molecule has 1 rings (SSSR count). The third-order valence-electron chi connectivity index (χ3n) is 2.88. The van der Waals surface area contributed by atoms with E-state index in [1.165, 1.54) is 0 Å². The molecule has 4 nitrogen and oxygen atoms in total. The molecule has 0 bridgehead atoms. The zero-order chi connectivity index (χ0) is 9.73. The summed E-state index contributed by atoms with van der Waals surface area (Å²) in [5, 5.41) is 13.2. The van der Waals surface area contributed by atoms with Crippen LogP contribution in [0.5, 0.6) is 0 Å². The van der Waals surface area contributed by atoms with Gasteiger partial charge in [-0.25, -0.2) is 0 Å². The van der Waals surface area contributed by atoms with Gasteiger partial charge in [0.2, 0.25) is 5.66 Å². The van der Waals surface area contributed by atoms with Gasteiger partial charge in [-0.15, -0.1) is 0 Å². The van der Waals surface area contributed by atoms with Crippen LogP contribution < -0.4 is 5.84 Å². The standard InChI is InChI=1S/C8H17N3O/c1-6-7(2,3)11(9)8(4,5)10(6)12/h9H2,1-5H3. The molecule has 0 aromatic carbocycles. The van der Waals surface area contributed by atoms with Crippen LogP contribution in [0.25, 0.3) is 0 Å². The van der Waals surface area contributed by atoms with Gasteiger partial charge in [0.05, 0.1) is 0 Å². The smallest absolute Gasteiger partial charge is 0.236 e. The van der Waals surface area contributed by atoms with Gasteiger partial charge in [0, 0.05) is 20.8 Å². The van der Waals surface area contributed by atoms with Crippen molar-refractivity contribution in [1.82, 2.24) is 5.01 Å². The molecule has 70 valence electrons. The normalized spacial score (nSPS) is 28.2. The number of hydrazine groups is 1. The predicted molar refractivity (Wildman–Crippen MR) is 48.5 cm³/mol. The van der Waals surface area contributed by atoms with Crippen molar-refractivity contribution < 1.29 is 4.74 Å². The van der Waals surface area contributed by atoms with Crippen molar-refractivity contribution in [3.63, 3.8) is 0 Å². The quantitative estimate of drug-likeness (QED) is 0.331. The molecular formula is C8H17N3O. The first-order chi connectivity index (χ1) is 5.22. The van der Waals surface area contributed by atoms with Crippen LogP contribution in [0, 0.1) is 5.21 Å². The summed E-state index contributed by atoms with van der Waals surface area (Å²) in [5.74, 6) is 5.84. The Morgan fingerprint density at radius 1 is 1.33 bits per heavy atom. The van der Waals surface area contributed by atoms with Crippen molar-refractivity contribution in [3.05, 3.63) is 5.21 Å². The molecule has 2 N–H and O–H groups in total. The van der Waals surface area contributed by atoms with Crippen LogP contribution in [-0.4, -0.2) is 26.7 Å². The average Bonchev–Trinajstić information content (AvgIpc) is 2.06. The van der Waals surface area contributed by atoms with Crippen LogP contribution in [0.1, 0.15) is 34.6 Å². The summed E-state index contributed by atoms with van der Waals surface area (Å²) in [5.41, 5.74) is -0.214. The fourth-order valence-corrected chi connectivity index (χ4v) is 1.62. The van der Waals surface area contributed by atoms with Gasteiger partial charge in [-0.2, -0.15) is 9.75 Å². The Morgan fingerprint density at radius 3 is 1.83 bits per heavy atom. The van der Waals surface area contributed by atoms with E-state index in [-0.39, 0.29) is 5.54 Å². The maximum absolute atomic E-state index is 11.6. The third-order valence-corrected chi connectivity index (χ3v) is 2.88. The van der Waals surface area contributed by atoms with Crippen LogP contribution in [0.15, 0.2) is 0 Å². The lowest BCUT2D eigenvalue weighted by Crippen LogP contribution is -2.57. The van der Waals surface area contributed by atoms with E-state index in [0.29, 0.717) is 0 Å².